The van der Waals surface area contributed by atoms with Crippen molar-refractivity contribution in [2.45, 2.75) is 52.2 Å². The molecule has 7 nitrogen and oxygen atoms in total. The van der Waals surface area contributed by atoms with Crippen molar-refractivity contribution in [2.75, 3.05) is 13.1 Å². The van der Waals surface area contributed by atoms with Crippen LogP contribution in [0.4, 0.5) is 4.79 Å². The minimum Gasteiger partial charge on any atom is -0.476 e. The number of carbonyl (C=O) groups excluding carboxylic acids is 1. The quantitative estimate of drug-likeness (QED) is 0.920. The Bertz CT molecular complexity index is 554. The highest BCUT2D eigenvalue weighted by molar-refractivity contribution is 5.84. The highest BCUT2D eigenvalue weighted by Gasteiger charge is 2.26. The van der Waals surface area contributed by atoms with E-state index in [1.54, 1.807) is 17.4 Å². The predicted octanol–water partition coefficient (Wildman–Crippen LogP) is 2.62. The fraction of sp³-hybridized carbons (Fsp3) is 0.688. The molecule has 0 aliphatic carbocycles. The first-order valence-electron chi connectivity index (χ1n) is 7.97. The number of rotatable bonds is 4. The molecule has 1 N–H and O–H groups in total. The molecular formula is C16H25N3O4. The maximum Gasteiger partial charge on any atom is 0.410 e. The van der Waals surface area contributed by atoms with Crippen molar-refractivity contribution >= 4 is 12.1 Å². The maximum absolute atomic E-state index is 12.0. The minimum atomic E-state index is -1.01. The van der Waals surface area contributed by atoms with Crippen molar-refractivity contribution in [1.29, 1.82) is 0 Å². The molecule has 0 spiro atoms. The molecule has 1 aromatic heterocycles. The minimum absolute atomic E-state index is 0.0738. The number of imidazole rings is 1. The van der Waals surface area contributed by atoms with Gasteiger partial charge >= 0.3 is 12.1 Å². The van der Waals surface area contributed by atoms with Gasteiger partial charge in [0.1, 0.15) is 5.60 Å². The van der Waals surface area contributed by atoms with E-state index in [0.29, 0.717) is 19.0 Å². The van der Waals surface area contributed by atoms with Crippen LogP contribution >= 0.6 is 0 Å². The standard InChI is InChI=1S/C16H25N3O4/c1-16(2,3)23-15(22)19-8-5-12(6-9-19)4-7-18-10-13(14(20)21)17-11-18/h10-12H,4-9H2,1-3H3,(H,20,21). The molecule has 0 aromatic carbocycles. The summed E-state index contributed by atoms with van der Waals surface area (Å²) in [4.78, 5) is 28.4. The van der Waals surface area contributed by atoms with E-state index in [2.05, 4.69) is 4.98 Å². The average molecular weight is 323 g/mol. The number of carbonyl (C=O) groups is 2. The van der Waals surface area contributed by atoms with Gasteiger partial charge in [-0.3, -0.25) is 0 Å². The van der Waals surface area contributed by atoms with E-state index in [1.807, 2.05) is 25.3 Å². The Morgan fingerprint density at radius 3 is 2.52 bits per heavy atom. The van der Waals surface area contributed by atoms with Gasteiger partial charge in [0.25, 0.3) is 0 Å². The van der Waals surface area contributed by atoms with Crippen LogP contribution in [0.5, 0.6) is 0 Å². The molecule has 1 saturated heterocycles. The predicted molar refractivity (Wildman–Crippen MR) is 84.3 cm³/mol. The zero-order valence-electron chi connectivity index (χ0n) is 14.0. The lowest BCUT2D eigenvalue weighted by molar-refractivity contribution is 0.0179. The molecule has 1 aliphatic rings. The number of aromatic carboxylic acids is 1. The number of hydrogen-bond donors (Lipinski definition) is 1. The zero-order valence-corrected chi connectivity index (χ0v) is 14.0. The van der Waals surface area contributed by atoms with Gasteiger partial charge in [-0.1, -0.05) is 0 Å². The van der Waals surface area contributed by atoms with E-state index in [9.17, 15) is 9.59 Å². The summed E-state index contributed by atoms with van der Waals surface area (Å²) in [6.07, 6.45) is 5.71. The number of hydrogen-bond acceptors (Lipinski definition) is 4. The number of aromatic nitrogens is 2. The van der Waals surface area contributed by atoms with Crippen LogP contribution in [0.15, 0.2) is 12.5 Å². The van der Waals surface area contributed by atoms with E-state index in [1.165, 1.54) is 0 Å². The molecular weight excluding hydrogens is 298 g/mol. The second-order valence-electron chi connectivity index (χ2n) is 7.00. The lowest BCUT2D eigenvalue weighted by Gasteiger charge is -2.33. The number of carboxylic acid groups (broad SMARTS) is 1. The molecule has 1 aromatic rings. The molecule has 0 saturated carbocycles. The molecule has 7 heteroatoms. The number of ether oxygens (including phenoxy) is 1. The third-order valence-electron chi connectivity index (χ3n) is 3.91. The summed E-state index contributed by atoms with van der Waals surface area (Å²) >= 11 is 0. The van der Waals surface area contributed by atoms with Crippen LogP contribution in [0, 0.1) is 5.92 Å². The monoisotopic (exact) mass is 323 g/mol. The van der Waals surface area contributed by atoms with Gasteiger partial charge in [-0.15, -0.1) is 0 Å². The van der Waals surface area contributed by atoms with Crippen LogP contribution in [-0.2, 0) is 11.3 Å². The molecule has 0 atom stereocenters. The van der Waals surface area contributed by atoms with Gasteiger partial charge < -0.3 is 19.3 Å². The Morgan fingerprint density at radius 2 is 2.00 bits per heavy atom. The number of piperidine rings is 1. The summed E-state index contributed by atoms with van der Waals surface area (Å²) in [5.41, 5.74) is -0.387. The average Bonchev–Trinajstić information content (AvgIpc) is 2.93. The molecule has 2 rings (SSSR count). The maximum atomic E-state index is 12.0. The van der Waals surface area contributed by atoms with Crippen molar-refractivity contribution in [3.63, 3.8) is 0 Å². The van der Waals surface area contributed by atoms with Gasteiger partial charge in [0, 0.05) is 25.8 Å². The second-order valence-corrected chi connectivity index (χ2v) is 7.00. The van der Waals surface area contributed by atoms with E-state index in [-0.39, 0.29) is 11.8 Å². The molecule has 0 radical (unpaired) electrons. The van der Waals surface area contributed by atoms with Gasteiger partial charge in [0.15, 0.2) is 5.69 Å². The fourth-order valence-corrected chi connectivity index (χ4v) is 2.66. The SMILES string of the molecule is CC(C)(C)OC(=O)N1CCC(CCn2cnc(C(=O)O)c2)CC1. The van der Waals surface area contributed by atoms with Crippen LogP contribution in [0.25, 0.3) is 0 Å². The van der Waals surface area contributed by atoms with Gasteiger partial charge in [0.2, 0.25) is 0 Å². The number of nitrogens with zero attached hydrogens (tertiary/aromatic N) is 3. The highest BCUT2D eigenvalue weighted by atomic mass is 16.6. The summed E-state index contributed by atoms with van der Waals surface area (Å²) in [5.74, 6) is -0.473. The van der Waals surface area contributed by atoms with Crippen LogP contribution < -0.4 is 0 Å². The van der Waals surface area contributed by atoms with Crippen LogP contribution in [0.1, 0.15) is 50.5 Å². The molecule has 23 heavy (non-hydrogen) atoms. The molecule has 0 bridgehead atoms. The van der Waals surface area contributed by atoms with E-state index < -0.39 is 11.6 Å². The first-order chi connectivity index (χ1) is 10.7. The number of aryl methyl sites for hydroxylation is 1. The third-order valence-corrected chi connectivity index (χ3v) is 3.91. The van der Waals surface area contributed by atoms with E-state index >= 15 is 0 Å². The van der Waals surface area contributed by atoms with Gasteiger partial charge in [-0.25, -0.2) is 14.6 Å². The van der Waals surface area contributed by atoms with Gasteiger partial charge in [0.05, 0.1) is 6.33 Å². The van der Waals surface area contributed by atoms with Crippen molar-refractivity contribution in [2.24, 2.45) is 5.92 Å². The van der Waals surface area contributed by atoms with Crippen LogP contribution in [0.3, 0.4) is 0 Å². The Kier molecular flexibility index (Phi) is 5.28. The smallest absolute Gasteiger partial charge is 0.410 e. The Hall–Kier alpha value is -2.05. The van der Waals surface area contributed by atoms with Crippen molar-refractivity contribution in [1.82, 2.24) is 14.5 Å². The summed E-state index contributed by atoms with van der Waals surface area (Å²) in [5, 5.41) is 8.85. The molecule has 1 fully saturated rings. The Morgan fingerprint density at radius 1 is 1.35 bits per heavy atom. The summed E-state index contributed by atoms with van der Waals surface area (Å²) < 4.78 is 7.20. The zero-order chi connectivity index (χ0) is 17.0. The molecule has 1 amide bonds. The van der Waals surface area contributed by atoms with Crippen molar-refractivity contribution < 1.29 is 19.4 Å². The summed E-state index contributed by atoms with van der Waals surface area (Å²) in [7, 11) is 0. The van der Waals surface area contributed by atoms with Gasteiger partial charge in [-0.2, -0.15) is 0 Å². The number of amides is 1. The van der Waals surface area contributed by atoms with Crippen molar-refractivity contribution in [3.05, 3.63) is 18.2 Å². The van der Waals surface area contributed by atoms with Gasteiger partial charge in [-0.05, 0) is 46.0 Å². The van der Waals surface area contributed by atoms with Crippen LogP contribution in [-0.4, -0.2) is 50.3 Å². The Balaban J connectivity index is 1.74. The van der Waals surface area contributed by atoms with Crippen molar-refractivity contribution in [3.8, 4) is 0 Å². The largest absolute Gasteiger partial charge is 0.476 e. The highest BCUT2D eigenvalue weighted by Crippen LogP contribution is 2.22. The summed E-state index contributed by atoms with van der Waals surface area (Å²) in [6.45, 7) is 7.78. The second kappa shape index (κ2) is 7.02. The topological polar surface area (TPSA) is 84.7 Å². The first kappa shape index (κ1) is 17.3. The Labute approximate surface area is 136 Å². The molecule has 1 aliphatic heterocycles. The fourth-order valence-electron chi connectivity index (χ4n) is 2.66. The normalized spacial score (nSPS) is 16.4. The molecule has 128 valence electrons. The van der Waals surface area contributed by atoms with E-state index in [4.69, 9.17) is 9.84 Å². The van der Waals surface area contributed by atoms with Crippen LogP contribution in [0.2, 0.25) is 0 Å². The lowest BCUT2D eigenvalue weighted by atomic mass is 9.94. The lowest BCUT2D eigenvalue weighted by Crippen LogP contribution is -2.41. The third kappa shape index (κ3) is 5.26. The summed E-state index contributed by atoms with van der Waals surface area (Å²) in [6, 6.07) is 0. The molecule has 0 unspecified atom stereocenters. The van der Waals surface area contributed by atoms with E-state index in [0.717, 1.165) is 25.8 Å². The number of likely N-dealkylation sites (tertiary alicyclic amines) is 1. The molecule has 2 heterocycles. The first-order valence-corrected chi connectivity index (χ1v) is 7.97. The number of carboxylic acids is 1.